The van der Waals surface area contributed by atoms with E-state index in [1.807, 2.05) is 0 Å². The third kappa shape index (κ3) is 5.25. The molecule has 2 aromatic rings. The van der Waals surface area contributed by atoms with E-state index in [0.717, 1.165) is 12.1 Å². The van der Waals surface area contributed by atoms with Crippen LogP contribution in [0.1, 0.15) is 16.7 Å². The van der Waals surface area contributed by atoms with E-state index < -0.39 is 23.5 Å². The predicted octanol–water partition coefficient (Wildman–Crippen LogP) is 4.17. The summed E-state index contributed by atoms with van der Waals surface area (Å²) < 4.78 is 50.2. The fourth-order valence-electron chi connectivity index (χ4n) is 1.84. The molecule has 2 nitrogen and oxygen atoms in total. The molecule has 0 aliphatic rings. The van der Waals surface area contributed by atoms with Crippen LogP contribution in [0.3, 0.4) is 0 Å². The highest BCUT2D eigenvalue weighted by molar-refractivity contribution is 5.91. The zero-order valence-corrected chi connectivity index (χ0v) is 11.9. The van der Waals surface area contributed by atoms with E-state index >= 15 is 0 Å². The van der Waals surface area contributed by atoms with Crippen LogP contribution in [-0.4, -0.2) is 5.91 Å². The summed E-state index contributed by atoms with van der Waals surface area (Å²) in [5, 5.41) is 2.54. The van der Waals surface area contributed by atoms with E-state index in [1.54, 1.807) is 6.07 Å². The quantitative estimate of drug-likeness (QED) is 0.664. The SMILES string of the molecule is O=C(/C=C/c1cccc(F)c1)NCc1ccc(C(F)(F)F)cc1. The molecule has 0 saturated carbocycles. The Bertz CT molecular complexity index is 705. The van der Waals surface area contributed by atoms with Crippen molar-refractivity contribution >= 4 is 12.0 Å². The van der Waals surface area contributed by atoms with Gasteiger partial charge in [-0.3, -0.25) is 4.79 Å². The summed E-state index contributed by atoms with van der Waals surface area (Å²) in [7, 11) is 0. The van der Waals surface area contributed by atoms with Gasteiger partial charge >= 0.3 is 6.18 Å². The number of benzene rings is 2. The Labute approximate surface area is 130 Å². The molecule has 120 valence electrons. The molecule has 0 fully saturated rings. The first-order chi connectivity index (χ1) is 10.8. The van der Waals surface area contributed by atoms with Crippen molar-refractivity contribution in [2.24, 2.45) is 0 Å². The summed E-state index contributed by atoms with van der Waals surface area (Å²) in [4.78, 5) is 11.6. The second-order valence-electron chi connectivity index (χ2n) is 4.80. The summed E-state index contributed by atoms with van der Waals surface area (Å²) in [5.74, 6) is -0.827. The zero-order valence-electron chi connectivity index (χ0n) is 11.9. The zero-order chi connectivity index (χ0) is 16.9. The summed E-state index contributed by atoms with van der Waals surface area (Å²) in [6, 6.07) is 10.3. The van der Waals surface area contributed by atoms with Gasteiger partial charge in [-0.05, 0) is 41.5 Å². The van der Waals surface area contributed by atoms with Gasteiger partial charge < -0.3 is 5.32 Å². The van der Waals surface area contributed by atoms with Gasteiger partial charge in [-0.25, -0.2) is 4.39 Å². The molecule has 23 heavy (non-hydrogen) atoms. The first-order valence-electron chi connectivity index (χ1n) is 6.72. The van der Waals surface area contributed by atoms with Gasteiger partial charge in [0, 0.05) is 12.6 Å². The van der Waals surface area contributed by atoms with Crippen molar-refractivity contribution < 1.29 is 22.4 Å². The largest absolute Gasteiger partial charge is 0.416 e. The maximum Gasteiger partial charge on any atom is 0.416 e. The summed E-state index contributed by atoms with van der Waals surface area (Å²) in [5.41, 5.74) is 0.346. The minimum Gasteiger partial charge on any atom is -0.348 e. The molecule has 1 N–H and O–H groups in total. The molecule has 0 atom stereocenters. The predicted molar refractivity (Wildman–Crippen MR) is 78.7 cm³/mol. The smallest absolute Gasteiger partial charge is 0.348 e. The van der Waals surface area contributed by atoms with Gasteiger partial charge in [-0.15, -0.1) is 0 Å². The molecule has 2 rings (SSSR count). The maximum atomic E-state index is 13.0. The average Bonchev–Trinajstić information content (AvgIpc) is 2.50. The lowest BCUT2D eigenvalue weighted by Gasteiger charge is -2.07. The van der Waals surface area contributed by atoms with Crippen LogP contribution in [0, 0.1) is 5.82 Å². The number of carbonyl (C=O) groups is 1. The molecule has 0 aromatic heterocycles. The number of amides is 1. The molecule has 0 aliphatic carbocycles. The first-order valence-corrected chi connectivity index (χ1v) is 6.72. The Morgan fingerprint density at radius 2 is 1.78 bits per heavy atom. The van der Waals surface area contributed by atoms with Crippen molar-refractivity contribution in [1.82, 2.24) is 5.32 Å². The lowest BCUT2D eigenvalue weighted by molar-refractivity contribution is -0.137. The molecule has 0 radical (unpaired) electrons. The highest BCUT2D eigenvalue weighted by Crippen LogP contribution is 2.29. The van der Waals surface area contributed by atoms with Gasteiger partial charge in [0.2, 0.25) is 5.91 Å². The minimum absolute atomic E-state index is 0.102. The van der Waals surface area contributed by atoms with E-state index in [1.165, 1.54) is 42.5 Å². The number of hydrogen-bond donors (Lipinski definition) is 1. The number of hydrogen-bond acceptors (Lipinski definition) is 1. The topological polar surface area (TPSA) is 29.1 Å². The number of carbonyl (C=O) groups excluding carboxylic acids is 1. The second kappa shape index (κ2) is 7.09. The van der Waals surface area contributed by atoms with Crippen LogP contribution < -0.4 is 5.32 Å². The monoisotopic (exact) mass is 323 g/mol. The number of alkyl halides is 3. The van der Waals surface area contributed by atoms with E-state index in [9.17, 15) is 22.4 Å². The van der Waals surface area contributed by atoms with Crippen molar-refractivity contribution in [3.63, 3.8) is 0 Å². The van der Waals surface area contributed by atoms with Crippen LogP contribution in [-0.2, 0) is 17.5 Å². The Balaban J connectivity index is 1.89. The van der Waals surface area contributed by atoms with Crippen molar-refractivity contribution in [3.05, 3.63) is 77.1 Å². The Hall–Kier alpha value is -2.63. The minimum atomic E-state index is -4.38. The van der Waals surface area contributed by atoms with Gasteiger partial charge in [0.15, 0.2) is 0 Å². The van der Waals surface area contributed by atoms with Crippen molar-refractivity contribution in [3.8, 4) is 0 Å². The average molecular weight is 323 g/mol. The van der Waals surface area contributed by atoms with E-state index in [2.05, 4.69) is 5.32 Å². The van der Waals surface area contributed by atoms with Crippen molar-refractivity contribution in [2.75, 3.05) is 0 Å². The van der Waals surface area contributed by atoms with Crippen LogP contribution in [0.4, 0.5) is 17.6 Å². The van der Waals surface area contributed by atoms with Crippen LogP contribution >= 0.6 is 0 Å². The van der Waals surface area contributed by atoms with Gasteiger partial charge in [-0.2, -0.15) is 13.2 Å². The fourth-order valence-corrected chi connectivity index (χ4v) is 1.84. The van der Waals surface area contributed by atoms with Crippen molar-refractivity contribution in [1.29, 1.82) is 0 Å². The molecular formula is C17H13F4NO. The Morgan fingerprint density at radius 1 is 1.09 bits per heavy atom. The van der Waals surface area contributed by atoms with E-state index in [0.29, 0.717) is 11.1 Å². The first kappa shape index (κ1) is 16.7. The van der Waals surface area contributed by atoms with Crippen LogP contribution in [0.2, 0.25) is 0 Å². The highest BCUT2D eigenvalue weighted by atomic mass is 19.4. The number of halogens is 4. The molecular weight excluding hydrogens is 310 g/mol. The molecule has 0 saturated heterocycles. The molecule has 0 bridgehead atoms. The van der Waals surface area contributed by atoms with Crippen LogP contribution in [0.25, 0.3) is 6.08 Å². The number of rotatable bonds is 4. The second-order valence-corrected chi connectivity index (χ2v) is 4.80. The van der Waals surface area contributed by atoms with Gasteiger partial charge in [0.25, 0.3) is 0 Å². The summed E-state index contributed by atoms with van der Waals surface area (Å²) in [6.45, 7) is 0.102. The lowest BCUT2D eigenvalue weighted by Crippen LogP contribution is -2.20. The third-order valence-electron chi connectivity index (χ3n) is 3.02. The normalized spacial score (nSPS) is 11.7. The Morgan fingerprint density at radius 3 is 2.39 bits per heavy atom. The third-order valence-corrected chi connectivity index (χ3v) is 3.02. The molecule has 0 unspecified atom stereocenters. The number of nitrogens with one attached hydrogen (secondary N) is 1. The van der Waals surface area contributed by atoms with E-state index in [4.69, 9.17) is 0 Å². The molecule has 0 aliphatic heterocycles. The van der Waals surface area contributed by atoms with Crippen LogP contribution in [0.15, 0.2) is 54.6 Å². The van der Waals surface area contributed by atoms with Gasteiger partial charge in [0.1, 0.15) is 5.82 Å². The summed E-state index contributed by atoms with van der Waals surface area (Å²) in [6.07, 6.45) is -1.69. The molecule has 0 spiro atoms. The van der Waals surface area contributed by atoms with Gasteiger partial charge in [0.05, 0.1) is 5.56 Å². The molecule has 2 aromatic carbocycles. The van der Waals surface area contributed by atoms with E-state index in [-0.39, 0.29) is 6.54 Å². The maximum absolute atomic E-state index is 13.0. The standard InChI is InChI=1S/C17H13F4NO/c18-15-3-1-2-12(10-15)6-9-16(23)22-11-13-4-7-14(8-5-13)17(19,20)21/h1-10H,11H2,(H,22,23)/b9-6+. The van der Waals surface area contributed by atoms with Crippen LogP contribution in [0.5, 0.6) is 0 Å². The summed E-state index contributed by atoms with van der Waals surface area (Å²) >= 11 is 0. The van der Waals surface area contributed by atoms with Gasteiger partial charge in [-0.1, -0.05) is 24.3 Å². The Kier molecular flexibility index (Phi) is 5.16. The molecule has 0 heterocycles. The molecule has 1 amide bonds. The van der Waals surface area contributed by atoms with Crippen molar-refractivity contribution in [2.45, 2.75) is 12.7 Å². The lowest BCUT2D eigenvalue weighted by atomic mass is 10.1. The molecule has 6 heteroatoms. The fraction of sp³-hybridized carbons (Fsp3) is 0.118. The highest BCUT2D eigenvalue weighted by Gasteiger charge is 2.29.